The van der Waals surface area contributed by atoms with Gasteiger partial charge in [-0.05, 0) is 19.3 Å². The lowest BCUT2D eigenvalue weighted by molar-refractivity contribution is -0.217. The van der Waals surface area contributed by atoms with Crippen LogP contribution in [0.4, 0.5) is 13.2 Å². The van der Waals surface area contributed by atoms with Crippen LogP contribution in [0.3, 0.4) is 0 Å². The maximum Gasteiger partial charge on any atom is 0.426 e. The molecule has 4 unspecified atom stereocenters. The molecule has 0 aromatic rings. The van der Waals surface area contributed by atoms with Crippen LogP contribution >= 0.6 is 0 Å². The molecule has 6 nitrogen and oxygen atoms in total. The van der Waals surface area contributed by atoms with Crippen molar-refractivity contribution in [2.75, 3.05) is 5.75 Å². The summed E-state index contributed by atoms with van der Waals surface area (Å²) in [6, 6.07) is 0. The Kier molecular flexibility index (Phi) is 4.00. The summed E-state index contributed by atoms with van der Waals surface area (Å²) in [4.78, 5) is 11.7. The predicted octanol–water partition coefficient (Wildman–Crippen LogP) is 0.916. The Labute approximate surface area is 113 Å². The minimum atomic E-state index is -5.06. The molecule has 2 rings (SSSR count). The highest BCUT2D eigenvalue weighted by Gasteiger charge is 2.49. The number of fused-ring (bicyclic) bond motifs is 1. The lowest BCUT2D eigenvalue weighted by atomic mass is 9.89. The van der Waals surface area contributed by atoms with Crippen LogP contribution in [0.25, 0.3) is 0 Å². The van der Waals surface area contributed by atoms with E-state index in [1.165, 1.54) is 0 Å². The van der Waals surface area contributed by atoms with E-state index in [0.717, 1.165) is 0 Å². The summed E-state index contributed by atoms with van der Waals surface area (Å²) >= 11 is 0. The van der Waals surface area contributed by atoms with Crippen LogP contribution in [-0.2, 0) is 24.4 Å². The number of ether oxygens (including phenoxy) is 2. The standard InChI is InChI=1S/C10H13F3O6S/c11-10(12,13)8(4-20(15,16)17)19-9(14)5-1-2-6-7(3-5)18-6/h5-8H,1-4H2,(H,15,16,17). The third-order valence-electron chi connectivity index (χ3n) is 3.32. The number of epoxide rings is 1. The maximum absolute atomic E-state index is 12.6. The second-order valence-corrected chi connectivity index (χ2v) is 6.44. The van der Waals surface area contributed by atoms with Gasteiger partial charge in [0.25, 0.3) is 10.1 Å². The fourth-order valence-electron chi connectivity index (χ4n) is 2.24. The second kappa shape index (κ2) is 5.15. The van der Waals surface area contributed by atoms with Gasteiger partial charge in [-0.25, -0.2) is 0 Å². The molecule has 2 aliphatic rings. The number of hydrogen-bond acceptors (Lipinski definition) is 5. The summed E-state index contributed by atoms with van der Waals surface area (Å²) in [6.07, 6.45) is -6.76. The predicted molar refractivity (Wildman–Crippen MR) is 58.4 cm³/mol. The van der Waals surface area contributed by atoms with E-state index in [0.29, 0.717) is 12.8 Å². The van der Waals surface area contributed by atoms with Gasteiger partial charge in [-0.3, -0.25) is 9.35 Å². The quantitative estimate of drug-likeness (QED) is 0.470. The van der Waals surface area contributed by atoms with Gasteiger partial charge in [-0.2, -0.15) is 21.6 Å². The number of halogens is 3. The van der Waals surface area contributed by atoms with Crippen LogP contribution in [0.5, 0.6) is 0 Å². The molecule has 10 heteroatoms. The molecule has 0 radical (unpaired) electrons. The third kappa shape index (κ3) is 4.06. The summed E-state index contributed by atoms with van der Waals surface area (Å²) in [5, 5.41) is 0. The Bertz CT molecular complexity index is 488. The molecular formula is C10H13F3O6S. The average Bonchev–Trinajstić information content (AvgIpc) is 3.02. The van der Waals surface area contributed by atoms with Crippen molar-refractivity contribution in [2.45, 2.75) is 43.8 Å². The van der Waals surface area contributed by atoms with E-state index in [1.807, 2.05) is 0 Å². The molecule has 0 spiro atoms. The number of hydrogen-bond donors (Lipinski definition) is 1. The molecule has 116 valence electrons. The summed E-state index contributed by atoms with van der Waals surface area (Å²) in [5.41, 5.74) is 0. The minimum absolute atomic E-state index is 0.0790. The lowest BCUT2D eigenvalue weighted by Crippen LogP contribution is -2.41. The van der Waals surface area contributed by atoms with Gasteiger partial charge in [0.15, 0.2) is 0 Å². The topological polar surface area (TPSA) is 93.2 Å². The molecule has 0 amide bonds. The fourth-order valence-corrected chi connectivity index (χ4v) is 2.88. The van der Waals surface area contributed by atoms with E-state index < -0.39 is 40.0 Å². The summed E-state index contributed by atoms with van der Waals surface area (Å²) in [5.74, 6) is -3.53. The van der Waals surface area contributed by atoms with Gasteiger partial charge in [-0.1, -0.05) is 0 Å². The Hall–Kier alpha value is -0.870. The molecule has 0 aromatic heterocycles. The highest BCUT2D eigenvalue weighted by atomic mass is 32.2. The molecule has 1 aliphatic carbocycles. The van der Waals surface area contributed by atoms with E-state index >= 15 is 0 Å². The van der Waals surface area contributed by atoms with Gasteiger partial charge in [0.1, 0.15) is 5.75 Å². The van der Waals surface area contributed by atoms with Crippen LogP contribution in [0.15, 0.2) is 0 Å². The molecule has 1 saturated heterocycles. The van der Waals surface area contributed by atoms with Crippen LogP contribution in [0, 0.1) is 5.92 Å². The van der Waals surface area contributed by atoms with Crippen molar-refractivity contribution in [3.05, 3.63) is 0 Å². The molecule has 1 N–H and O–H groups in total. The average molecular weight is 318 g/mol. The number of alkyl halides is 3. The molecule has 4 atom stereocenters. The zero-order valence-electron chi connectivity index (χ0n) is 10.2. The Morgan fingerprint density at radius 1 is 1.35 bits per heavy atom. The van der Waals surface area contributed by atoms with Crippen molar-refractivity contribution < 1.29 is 40.4 Å². The van der Waals surface area contributed by atoms with Gasteiger partial charge in [0.05, 0.1) is 18.1 Å². The smallest absolute Gasteiger partial charge is 0.426 e. The van der Waals surface area contributed by atoms with Gasteiger partial charge in [0, 0.05) is 0 Å². The monoisotopic (exact) mass is 318 g/mol. The zero-order chi connectivity index (χ0) is 15.1. The van der Waals surface area contributed by atoms with Gasteiger partial charge < -0.3 is 9.47 Å². The number of carbonyl (C=O) groups excluding carboxylic acids is 1. The molecule has 2 fully saturated rings. The molecular weight excluding hydrogens is 305 g/mol. The highest BCUT2D eigenvalue weighted by Crippen LogP contribution is 2.40. The second-order valence-electron chi connectivity index (χ2n) is 4.94. The minimum Gasteiger partial charge on any atom is -0.451 e. The van der Waals surface area contributed by atoms with Crippen molar-refractivity contribution in [3.8, 4) is 0 Å². The SMILES string of the molecule is O=C(OC(CS(=O)(=O)O)C(F)(F)F)C1CCC2OC2C1. The van der Waals surface area contributed by atoms with E-state index in [1.54, 1.807) is 0 Å². The van der Waals surface area contributed by atoms with Crippen molar-refractivity contribution in [1.82, 2.24) is 0 Å². The first-order valence-electron chi connectivity index (χ1n) is 5.94. The van der Waals surface area contributed by atoms with Crippen LogP contribution in [0.2, 0.25) is 0 Å². The van der Waals surface area contributed by atoms with E-state index in [-0.39, 0.29) is 18.6 Å². The Morgan fingerprint density at radius 3 is 2.50 bits per heavy atom. The van der Waals surface area contributed by atoms with Crippen LogP contribution in [0.1, 0.15) is 19.3 Å². The molecule has 1 saturated carbocycles. The first-order valence-corrected chi connectivity index (χ1v) is 7.55. The van der Waals surface area contributed by atoms with Gasteiger partial charge >= 0.3 is 12.1 Å². The van der Waals surface area contributed by atoms with E-state index in [4.69, 9.17) is 9.29 Å². The van der Waals surface area contributed by atoms with E-state index in [2.05, 4.69) is 4.74 Å². The number of carbonyl (C=O) groups is 1. The molecule has 0 aromatic carbocycles. The molecule has 20 heavy (non-hydrogen) atoms. The number of rotatable bonds is 4. The van der Waals surface area contributed by atoms with Crippen LogP contribution < -0.4 is 0 Å². The molecule has 1 aliphatic heterocycles. The highest BCUT2D eigenvalue weighted by molar-refractivity contribution is 7.85. The van der Waals surface area contributed by atoms with Crippen molar-refractivity contribution in [2.24, 2.45) is 5.92 Å². The molecule has 0 bridgehead atoms. The lowest BCUT2D eigenvalue weighted by Gasteiger charge is -2.23. The van der Waals surface area contributed by atoms with Crippen molar-refractivity contribution >= 4 is 16.1 Å². The first kappa shape index (κ1) is 15.5. The number of esters is 1. The zero-order valence-corrected chi connectivity index (χ0v) is 11.0. The normalized spacial score (nSPS) is 31.3. The largest absolute Gasteiger partial charge is 0.451 e. The maximum atomic E-state index is 12.6. The summed E-state index contributed by atoms with van der Waals surface area (Å²) in [6.45, 7) is 0. The van der Waals surface area contributed by atoms with Crippen LogP contribution in [-0.4, -0.2) is 49.2 Å². The van der Waals surface area contributed by atoms with Gasteiger partial charge in [-0.15, -0.1) is 0 Å². The Morgan fingerprint density at radius 2 is 2.00 bits per heavy atom. The van der Waals surface area contributed by atoms with Gasteiger partial charge in [0.2, 0.25) is 6.10 Å². The van der Waals surface area contributed by atoms with E-state index in [9.17, 15) is 26.4 Å². The Balaban J connectivity index is 1.97. The summed E-state index contributed by atoms with van der Waals surface area (Å²) in [7, 11) is -4.91. The first-order chi connectivity index (χ1) is 9.06. The fraction of sp³-hybridized carbons (Fsp3) is 0.900. The van der Waals surface area contributed by atoms with Crippen molar-refractivity contribution in [1.29, 1.82) is 0 Å². The third-order valence-corrected chi connectivity index (χ3v) is 4.05. The molecule has 1 heterocycles. The van der Waals surface area contributed by atoms with Crippen molar-refractivity contribution in [3.63, 3.8) is 0 Å². The summed E-state index contributed by atoms with van der Waals surface area (Å²) < 4.78 is 76.7.